The first-order valence-electron chi connectivity index (χ1n) is 5.24. The zero-order chi connectivity index (χ0) is 9.26. The Bertz CT molecular complexity index is 197. The van der Waals surface area contributed by atoms with Crippen LogP contribution in [0, 0.1) is 5.92 Å². The molecule has 3 rings (SSSR count). The SMILES string of the molecule is CCOC(=O)C1NC2CCC1CC2. The van der Waals surface area contributed by atoms with Gasteiger partial charge in [0.25, 0.3) is 0 Å². The number of fused-ring (bicyclic) bond motifs is 3. The van der Waals surface area contributed by atoms with Crippen LogP contribution in [0.25, 0.3) is 0 Å². The molecule has 1 N–H and O–H groups in total. The summed E-state index contributed by atoms with van der Waals surface area (Å²) in [6.07, 6.45) is 4.86. The second kappa shape index (κ2) is 3.66. The van der Waals surface area contributed by atoms with Gasteiger partial charge in [0.2, 0.25) is 0 Å². The Morgan fingerprint density at radius 3 is 2.54 bits per heavy atom. The van der Waals surface area contributed by atoms with Crippen molar-refractivity contribution in [1.82, 2.24) is 5.32 Å². The number of carbonyl (C=O) groups is 1. The van der Waals surface area contributed by atoms with Crippen molar-refractivity contribution in [2.24, 2.45) is 5.92 Å². The highest BCUT2D eigenvalue weighted by Crippen LogP contribution is 2.33. The van der Waals surface area contributed by atoms with Crippen LogP contribution >= 0.6 is 0 Å². The smallest absolute Gasteiger partial charge is 0.323 e. The molecule has 3 nitrogen and oxygen atoms in total. The molecule has 3 aliphatic rings. The van der Waals surface area contributed by atoms with Gasteiger partial charge in [0.15, 0.2) is 0 Å². The van der Waals surface area contributed by atoms with Crippen LogP contribution in [-0.2, 0) is 9.53 Å². The summed E-state index contributed by atoms with van der Waals surface area (Å²) in [6, 6.07) is 0.562. The molecule has 3 heteroatoms. The van der Waals surface area contributed by atoms with Crippen molar-refractivity contribution in [3.63, 3.8) is 0 Å². The topological polar surface area (TPSA) is 38.3 Å². The van der Waals surface area contributed by atoms with Crippen LogP contribution in [0.2, 0.25) is 0 Å². The highest BCUT2D eigenvalue weighted by molar-refractivity contribution is 5.76. The van der Waals surface area contributed by atoms with E-state index >= 15 is 0 Å². The van der Waals surface area contributed by atoms with Gasteiger partial charge in [0.05, 0.1) is 6.61 Å². The molecule has 74 valence electrons. The molecule has 1 atom stereocenters. The van der Waals surface area contributed by atoms with Crippen LogP contribution in [0.1, 0.15) is 32.6 Å². The minimum absolute atomic E-state index is 0.00699. The van der Waals surface area contributed by atoms with Crippen molar-refractivity contribution < 1.29 is 9.53 Å². The lowest BCUT2D eigenvalue weighted by Crippen LogP contribution is -2.56. The molecule has 0 aromatic rings. The Kier molecular flexibility index (Phi) is 2.54. The lowest BCUT2D eigenvalue weighted by Gasteiger charge is -2.42. The third-order valence-corrected chi connectivity index (χ3v) is 3.20. The molecule has 0 spiro atoms. The van der Waals surface area contributed by atoms with Gasteiger partial charge in [0, 0.05) is 6.04 Å². The fourth-order valence-corrected chi connectivity index (χ4v) is 2.50. The summed E-state index contributed by atoms with van der Waals surface area (Å²) in [5.41, 5.74) is 0. The molecule has 2 aliphatic heterocycles. The number of hydrogen-bond acceptors (Lipinski definition) is 3. The quantitative estimate of drug-likeness (QED) is 0.651. The number of carbonyl (C=O) groups excluding carboxylic acids is 1. The Hall–Kier alpha value is -0.570. The Morgan fingerprint density at radius 1 is 1.38 bits per heavy atom. The second-order valence-corrected chi connectivity index (χ2v) is 4.01. The van der Waals surface area contributed by atoms with Crippen LogP contribution in [0.15, 0.2) is 0 Å². The van der Waals surface area contributed by atoms with Gasteiger partial charge < -0.3 is 10.1 Å². The first-order chi connectivity index (χ1) is 6.31. The maximum atomic E-state index is 11.5. The zero-order valence-electron chi connectivity index (χ0n) is 8.08. The van der Waals surface area contributed by atoms with Gasteiger partial charge in [0.1, 0.15) is 6.04 Å². The first kappa shape index (κ1) is 9.00. The fourth-order valence-electron chi connectivity index (χ4n) is 2.50. The van der Waals surface area contributed by atoms with Crippen LogP contribution in [0.3, 0.4) is 0 Å². The molecule has 2 saturated heterocycles. The summed E-state index contributed by atoms with van der Waals surface area (Å²) >= 11 is 0. The molecule has 2 bridgehead atoms. The summed E-state index contributed by atoms with van der Waals surface area (Å²) in [5, 5.41) is 3.36. The van der Waals surface area contributed by atoms with E-state index in [0.717, 1.165) is 0 Å². The highest BCUT2D eigenvalue weighted by atomic mass is 16.5. The van der Waals surface area contributed by atoms with E-state index < -0.39 is 0 Å². The van der Waals surface area contributed by atoms with Crippen molar-refractivity contribution in [3.8, 4) is 0 Å². The summed E-state index contributed by atoms with van der Waals surface area (Å²) in [4.78, 5) is 11.5. The number of hydrogen-bond donors (Lipinski definition) is 1. The maximum Gasteiger partial charge on any atom is 0.323 e. The lowest BCUT2D eigenvalue weighted by molar-refractivity contribution is -0.149. The van der Waals surface area contributed by atoms with Gasteiger partial charge in [-0.25, -0.2) is 0 Å². The molecule has 1 aliphatic carbocycles. The van der Waals surface area contributed by atoms with Gasteiger partial charge in [-0.15, -0.1) is 0 Å². The number of ether oxygens (including phenoxy) is 1. The Morgan fingerprint density at radius 2 is 2.08 bits per heavy atom. The van der Waals surface area contributed by atoms with E-state index in [4.69, 9.17) is 4.74 Å². The number of rotatable bonds is 2. The van der Waals surface area contributed by atoms with E-state index in [1.54, 1.807) is 0 Å². The number of nitrogens with one attached hydrogen (secondary N) is 1. The van der Waals surface area contributed by atoms with Crippen molar-refractivity contribution in [2.75, 3.05) is 6.61 Å². The molecular weight excluding hydrogens is 166 g/mol. The number of piperidine rings is 2. The minimum atomic E-state index is -0.0445. The van der Waals surface area contributed by atoms with Crippen LogP contribution in [0.5, 0.6) is 0 Å². The van der Waals surface area contributed by atoms with Gasteiger partial charge in [-0.2, -0.15) is 0 Å². The molecule has 0 aromatic heterocycles. The minimum Gasteiger partial charge on any atom is -0.465 e. The standard InChI is InChI=1S/C10H17NO2/c1-2-13-10(12)9-7-3-5-8(11-9)6-4-7/h7-9,11H,2-6H2,1H3. The van der Waals surface area contributed by atoms with Crippen LogP contribution < -0.4 is 5.32 Å². The van der Waals surface area contributed by atoms with E-state index in [2.05, 4.69) is 5.32 Å². The van der Waals surface area contributed by atoms with Crippen molar-refractivity contribution in [2.45, 2.75) is 44.7 Å². The van der Waals surface area contributed by atoms with Gasteiger partial charge in [-0.3, -0.25) is 4.79 Å². The maximum absolute atomic E-state index is 11.5. The largest absolute Gasteiger partial charge is 0.465 e. The van der Waals surface area contributed by atoms with Crippen molar-refractivity contribution in [3.05, 3.63) is 0 Å². The summed E-state index contributed by atoms with van der Waals surface area (Å²) in [5.74, 6) is 0.487. The molecule has 1 unspecified atom stereocenters. The van der Waals surface area contributed by atoms with E-state index in [9.17, 15) is 4.79 Å². The predicted octanol–water partition coefficient (Wildman–Crippen LogP) is 1.08. The van der Waals surface area contributed by atoms with E-state index in [0.29, 0.717) is 18.6 Å². The highest BCUT2D eigenvalue weighted by Gasteiger charge is 2.39. The summed E-state index contributed by atoms with van der Waals surface area (Å²) in [6.45, 7) is 2.35. The van der Waals surface area contributed by atoms with E-state index in [-0.39, 0.29) is 12.0 Å². The van der Waals surface area contributed by atoms with Gasteiger partial charge in [-0.1, -0.05) is 0 Å². The fraction of sp³-hybridized carbons (Fsp3) is 0.900. The normalized spacial score (nSPS) is 37.5. The zero-order valence-corrected chi connectivity index (χ0v) is 8.08. The summed E-state index contributed by atoms with van der Waals surface area (Å²) < 4.78 is 5.03. The molecule has 0 radical (unpaired) electrons. The van der Waals surface area contributed by atoms with Gasteiger partial charge >= 0.3 is 5.97 Å². The molecule has 0 amide bonds. The van der Waals surface area contributed by atoms with Crippen molar-refractivity contribution in [1.29, 1.82) is 0 Å². The van der Waals surface area contributed by atoms with E-state index in [1.807, 2.05) is 6.92 Å². The molecule has 3 fully saturated rings. The third kappa shape index (κ3) is 1.70. The predicted molar refractivity (Wildman–Crippen MR) is 49.3 cm³/mol. The van der Waals surface area contributed by atoms with Crippen LogP contribution in [0.4, 0.5) is 0 Å². The molecule has 0 aromatic carbocycles. The molecule has 1 saturated carbocycles. The average molecular weight is 183 g/mol. The molecule has 2 heterocycles. The van der Waals surface area contributed by atoms with Crippen LogP contribution in [-0.4, -0.2) is 24.7 Å². The summed E-state index contributed by atoms with van der Waals surface area (Å²) in [7, 11) is 0. The lowest BCUT2D eigenvalue weighted by atomic mass is 9.76. The van der Waals surface area contributed by atoms with Gasteiger partial charge in [-0.05, 0) is 38.5 Å². The van der Waals surface area contributed by atoms with Crippen molar-refractivity contribution >= 4 is 5.97 Å². The first-order valence-corrected chi connectivity index (χ1v) is 5.24. The average Bonchev–Trinajstić information content (AvgIpc) is 2.20. The molecular formula is C10H17NO2. The second-order valence-electron chi connectivity index (χ2n) is 4.01. The molecule has 13 heavy (non-hydrogen) atoms. The third-order valence-electron chi connectivity index (χ3n) is 3.20. The Labute approximate surface area is 78.8 Å². The monoisotopic (exact) mass is 183 g/mol. The van der Waals surface area contributed by atoms with E-state index in [1.165, 1.54) is 25.7 Å². The number of esters is 1. The Balaban J connectivity index is 1.96.